The maximum atomic E-state index is 12.9. The van der Waals surface area contributed by atoms with Crippen LogP contribution in [0.25, 0.3) is 5.69 Å². The number of halogens is 1. The highest BCUT2D eigenvalue weighted by molar-refractivity contribution is 7.18. The molecule has 3 aromatic rings. The first kappa shape index (κ1) is 28.0. The van der Waals surface area contributed by atoms with E-state index < -0.39 is 0 Å². The molecule has 0 spiro atoms. The topological polar surface area (TPSA) is 95.9 Å². The Morgan fingerprint density at radius 2 is 1.84 bits per heavy atom. The molecule has 0 radical (unpaired) electrons. The van der Waals surface area contributed by atoms with Crippen LogP contribution in [0.5, 0.6) is 0 Å². The molecule has 2 amide bonds. The molecule has 1 aliphatic rings. The predicted molar refractivity (Wildman–Crippen MR) is 150 cm³/mol. The molecule has 1 fully saturated rings. The van der Waals surface area contributed by atoms with Crippen LogP contribution < -0.4 is 16.2 Å². The third-order valence-electron chi connectivity index (χ3n) is 6.31. The summed E-state index contributed by atoms with van der Waals surface area (Å²) < 4.78 is 7.47. The van der Waals surface area contributed by atoms with Crippen molar-refractivity contribution >= 4 is 34.8 Å². The molecular formula is C27H32ClN5O4S. The molecule has 2 N–H and O–H groups in total. The fourth-order valence-corrected chi connectivity index (χ4v) is 5.14. The molecule has 9 nitrogen and oxygen atoms in total. The number of likely N-dealkylation sites (N-methyl/N-ethyl adjacent to an activating group) is 1. The highest BCUT2D eigenvalue weighted by Gasteiger charge is 2.19. The number of amides is 2. The van der Waals surface area contributed by atoms with Gasteiger partial charge in [-0.3, -0.25) is 23.9 Å². The van der Waals surface area contributed by atoms with Gasteiger partial charge in [0.1, 0.15) is 0 Å². The van der Waals surface area contributed by atoms with E-state index in [0.29, 0.717) is 27.0 Å². The van der Waals surface area contributed by atoms with Crippen LogP contribution in [-0.4, -0.2) is 91.8 Å². The van der Waals surface area contributed by atoms with Gasteiger partial charge in [0.05, 0.1) is 28.5 Å². The second kappa shape index (κ2) is 13.7. The molecule has 0 bridgehead atoms. The molecule has 1 aliphatic heterocycles. The zero-order chi connectivity index (χ0) is 26.9. The first-order valence-corrected chi connectivity index (χ1v) is 13.7. The van der Waals surface area contributed by atoms with Gasteiger partial charge in [0.2, 0.25) is 0 Å². The number of carbonyl (C=O) groups excluding carboxylic acids is 2. The van der Waals surface area contributed by atoms with Crippen molar-refractivity contribution in [1.82, 2.24) is 25.0 Å². The number of carbonyl (C=O) groups is 2. The molecule has 1 atom stereocenters. The maximum Gasteiger partial charge on any atom is 0.261 e. The van der Waals surface area contributed by atoms with Crippen LogP contribution in [0.15, 0.2) is 65.6 Å². The van der Waals surface area contributed by atoms with Gasteiger partial charge >= 0.3 is 0 Å². The van der Waals surface area contributed by atoms with Crippen LogP contribution >= 0.6 is 22.9 Å². The van der Waals surface area contributed by atoms with E-state index in [1.807, 2.05) is 7.05 Å². The minimum Gasteiger partial charge on any atom is -0.379 e. The number of benzene rings is 1. The van der Waals surface area contributed by atoms with Gasteiger partial charge in [-0.1, -0.05) is 17.7 Å². The average Bonchev–Trinajstić information content (AvgIpc) is 3.38. The van der Waals surface area contributed by atoms with Crippen molar-refractivity contribution in [2.75, 3.05) is 59.5 Å². The monoisotopic (exact) mass is 557 g/mol. The van der Waals surface area contributed by atoms with Crippen molar-refractivity contribution in [2.45, 2.75) is 6.04 Å². The van der Waals surface area contributed by atoms with Gasteiger partial charge in [0.15, 0.2) is 0 Å². The lowest BCUT2D eigenvalue weighted by Crippen LogP contribution is -2.50. The third kappa shape index (κ3) is 7.99. The largest absolute Gasteiger partial charge is 0.379 e. The summed E-state index contributed by atoms with van der Waals surface area (Å²) in [4.78, 5) is 42.8. The summed E-state index contributed by atoms with van der Waals surface area (Å²) in [7, 11) is 2.01. The molecular weight excluding hydrogens is 526 g/mol. The lowest BCUT2D eigenvalue weighted by atomic mass is 10.1. The van der Waals surface area contributed by atoms with E-state index in [1.54, 1.807) is 54.7 Å². The van der Waals surface area contributed by atoms with Crippen LogP contribution in [0.4, 0.5) is 0 Å². The molecule has 3 heterocycles. The lowest BCUT2D eigenvalue weighted by molar-refractivity contribution is 0.0341. The van der Waals surface area contributed by atoms with Crippen molar-refractivity contribution < 1.29 is 14.3 Å². The first-order chi connectivity index (χ1) is 18.4. The van der Waals surface area contributed by atoms with Crippen molar-refractivity contribution in [3.05, 3.63) is 85.9 Å². The van der Waals surface area contributed by atoms with Crippen LogP contribution in [0.3, 0.4) is 0 Å². The fourth-order valence-electron chi connectivity index (χ4n) is 4.19. The summed E-state index contributed by atoms with van der Waals surface area (Å²) in [5.74, 6) is -0.480. The Bertz CT molecular complexity index is 1270. The van der Waals surface area contributed by atoms with E-state index in [0.717, 1.165) is 39.4 Å². The van der Waals surface area contributed by atoms with Gasteiger partial charge in [-0.15, -0.1) is 11.3 Å². The highest BCUT2D eigenvalue weighted by atomic mass is 35.5. The molecule has 38 heavy (non-hydrogen) atoms. The molecule has 1 aromatic carbocycles. The van der Waals surface area contributed by atoms with E-state index in [2.05, 4.69) is 20.4 Å². The number of morpholine rings is 1. The number of ether oxygens (including phenoxy) is 1. The van der Waals surface area contributed by atoms with E-state index >= 15 is 0 Å². The molecule has 4 rings (SSSR count). The highest BCUT2D eigenvalue weighted by Crippen LogP contribution is 2.21. The number of rotatable bonds is 11. The maximum absolute atomic E-state index is 12.9. The normalized spacial score (nSPS) is 14.8. The van der Waals surface area contributed by atoms with Crippen LogP contribution in [0.1, 0.15) is 20.0 Å². The Hall–Kier alpha value is -3.02. The number of nitrogens with zero attached hydrogens (tertiary/aromatic N) is 3. The molecule has 2 aromatic heterocycles. The quantitative estimate of drug-likeness (QED) is 0.376. The molecule has 202 valence electrons. The van der Waals surface area contributed by atoms with E-state index in [4.69, 9.17) is 16.3 Å². The Balaban J connectivity index is 1.36. The standard InChI is InChI=1S/C27H32ClN5O4S/c1-31(12-13-32-14-16-37-17-15-32)19-21(30-27(36)23-9-10-24(28)38-23)18-29-26(35)20-5-7-22(8-6-20)33-11-3-2-4-25(33)34/h2-11,21H,12-19H2,1H3,(H,29,35)(H,30,36). The second-order valence-electron chi connectivity index (χ2n) is 9.16. The summed E-state index contributed by atoms with van der Waals surface area (Å²) in [5, 5.41) is 5.99. The zero-order valence-electron chi connectivity index (χ0n) is 21.3. The van der Waals surface area contributed by atoms with Crippen molar-refractivity contribution in [3.63, 3.8) is 0 Å². The molecule has 0 aliphatic carbocycles. The molecule has 1 saturated heterocycles. The van der Waals surface area contributed by atoms with Crippen LogP contribution in [0.2, 0.25) is 4.34 Å². The Morgan fingerprint density at radius 1 is 1.08 bits per heavy atom. The Morgan fingerprint density at radius 3 is 2.53 bits per heavy atom. The first-order valence-electron chi connectivity index (χ1n) is 12.5. The van der Waals surface area contributed by atoms with Crippen molar-refractivity contribution in [3.8, 4) is 5.69 Å². The number of hydrogen-bond acceptors (Lipinski definition) is 7. The fraction of sp³-hybridized carbons (Fsp3) is 0.370. The predicted octanol–water partition coefficient (Wildman–Crippen LogP) is 2.34. The van der Waals surface area contributed by atoms with Gasteiger partial charge in [0.25, 0.3) is 17.4 Å². The van der Waals surface area contributed by atoms with Gasteiger partial charge in [0, 0.05) is 62.8 Å². The summed E-state index contributed by atoms with van der Waals surface area (Å²) in [6, 6.07) is 14.8. The van der Waals surface area contributed by atoms with Crippen molar-refractivity contribution in [1.29, 1.82) is 0 Å². The smallest absolute Gasteiger partial charge is 0.261 e. The van der Waals surface area contributed by atoms with Crippen molar-refractivity contribution in [2.24, 2.45) is 0 Å². The van der Waals surface area contributed by atoms with E-state index in [1.165, 1.54) is 22.0 Å². The van der Waals surface area contributed by atoms with Gasteiger partial charge < -0.3 is 20.3 Å². The van der Waals surface area contributed by atoms with Gasteiger partial charge in [-0.05, 0) is 49.5 Å². The average molecular weight is 558 g/mol. The van der Waals surface area contributed by atoms with Gasteiger partial charge in [-0.25, -0.2) is 0 Å². The number of hydrogen-bond donors (Lipinski definition) is 2. The zero-order valence-corrected chi connectivity index (χ0v) is 22.8. The lowest BCUT2D eigenvalue weighted by Gasteiger charge is -2.30. The summed E-state index contributed by atoms with van der Waals surface area (Å²) in [6.45, 7) is 5.88. The number of pyridine rings is 1. The Labute approximate surface area is 231 Å². The van der Waals surface area contributed by atoms with E-state index in [9.17, 15) is 14.4 Å². The SMILES string of the molecule is CN(CCN1CCOCC1)CC(CNC(=O)c1ccc(-n2ccccc2=O)cc1)NC(=O)c1ccc(Cl)s1. The summed E-state index contributed by atoms with van der Waals surface area (Å²) in [6.07, 6.45) is 1.68. The van der Waals surface area contributed by atoms with Gasteiger partial charge in [-0.2, -0.15) is 0 Å². The number of thiophene rings is 1. The molecule has 11 heteroatoms. The van der Waals surface area contributed by atoms with E-state index in [-0.39, 0.29) is 30.0 Å². The second-order valence-corrected chi connectivity index (χ2v) is 10.9. The summed E-state index contributed by atoms with van der Waals surface area (Å²) in [5.41, 5.74) is 0.996. The minimum atomic E-state index is -0.316. The molecule has 1 unspecified atom stereocenters. The number of nitrogens with one attached hydrogen (secondary N) is 2. The number of aromatic nitrogens is 1. The van der Waals surface area contributed by atoms with Crippen LogP contribution in [0, 0.1) is 0 Å². The Kier molecular flexibility index (Phi) is 10.1. The molecule has 0 saturated carbocycles. The summed E-state index contributed by atoms with van der Waals surface area (Å²) >= 11 is 7.23. The third-order valence-corrected chi connectivity index (χ3v) is 7.54. The van der Waals surface area contributed by atoms with Crippen LogP contribution in [-0.2, 0) is 4.74 Å². The minimum absolute atomic E-state index is 0.145.